The van der Waals surface area contributed by atoms with Crippen molar-refractivity contribution in [3.05, 3.63) is 29.8 Å². The van der Waals surface area contributed by atoms with Gasteiger partial charge in [-0.2, -0.15) is 0 Å². The smallest absolute Gasteiger partial charge is 0.546 e. The largest absolute Gasteiger partial charge is 1.00 e. The summed E-state index contributed by atoms with van der Waals surface area (Å²) < 4.78 is 4.90. The molecule has 0 fully saturated rings. The summed E-state index contributed by atoms with van der Waals surface area (Å²) in [6.45, 7) is 1.66. The Morgan fingerprint density at radius 2 is 1.93 bits per heavy atom. The molecule has 14 heavy (non-hydrogen) atoms. The molecule has 0 aliphatic rings. The molecule has 0 aromatic heterocycles. The van der Waals surface area contributed by atoms with Gasteiger partial charge in [-0.05, 0) is 24.1 Å². The van der Waals surface area contributed by atoms with E-state index in [4.69, 9.17) is 4.74 Å². The number of benzene rings is 1. The Labute approximate surface area is 95.3 Å². The van der Waals surface area contributed by atoms with E-state index in [0.717, 1.165) is 6.42 Å². The molecule has 0 saturated heterocycles. The second-order valence-corrected chi connectivity index (χ2v) is 2.66. The van der Waals surface area contributed by atoms with Crippen LogP contribution in [0.5, 0.6) is 5.75 Å². The first-order valence-corrected chi connectivity index (χ1v) is 4.14. The molecule has 0 saturated carbocycles. The van der Waals surface area contributed by atoms with Crippen LogP contribution in [0.3, 0.4) is 0 Å². The number of carboxylic acid groups (broad SMARTS) is 1. The van der Waals surface area contributed by atoms with E-state index in [0.29, 0.717) is 5.75 Å². The molecule has 0 N–H and O–H groups in total. The van der Waals surface area contributed by atoms with Crippen molar-refractivity contribution >= 4 is 5.97 Å². The first-order chi connectivity index (χ1) is 6.22. The molecule has 0 bridgehead atoms. The topological polar surface area (TPSA) is 49.4 Å². The molecule has 3 nitrogen and oxygen atoms in total. The van der Waals surface area contributed by atoms with E-state index in [1.807, 2.05) is 12.1 Å². The Hall–Kier alpha value is -0.913. The monoisotopic (exact) mass is 186 g/mol. The minimum atomic E-state index is -1.21. The van der Waals surface area contributed by atoms with Crippen LogP contribution >= 0.6 is 0 Å². The van der Waals surface area contributed by atoms with Crippen LogP contribution in [0.2, 0.25) is 0 Å². The van der Waals surface area contributed by atoms with Gasteiger partial charge in [0.2, 0.25) is 0 Å². The molecule has 0 amide bonds. The number of ether oxygens (including phenoxy) is 1. The van der Waals surface area contributed by atoms with Gasteiger partial charge in [-0.3, -0.25) is 0 Å². The van der Waals surface area contributed by atoms with E-state index in [1.54, 1.807) is 12.1 Å². The zero-order valence-electron chi connectivity index (χ0n) is 8.45. The molecule has 4 heteroatoms. The van der Waals surface area contributed by atoms with Crippen LogP contribution in [-0.4, -0.2) is 12.6 Å². The summed E-state index contributed by atoms with van der Waals surface area (Å²) in [4.78, 5) is 10.1. The summed E-state index contributed by atoms with van der Waals surface area (Å²) in [7, 11) is 0. The SMILES string of the molecule is CCc1ccc(OCC(=O)[O-])cc1.[Li+]. The second-order valence-electron chi connectivity index (χ2n) is 2.66. The maximum Gasteiger partial charge on any atom is 1.00 e. The van der Waals surface area contributed by atoms with Crippen LogP contribution in [0, 0.1) is 0 Å². The van der Waals surface area contributed by atoms with E-state index in [9.17, 15) is 9.90 Å². The zero-order chi connectivity index (χ0) is 9.68. The van der Waals surface area contributed by atoms with Gasteiger partial charge >= 0.3 is 18.9 Å². The number of rotatable bonds is 4. The summed E-state index contributed by atoms with van der Waals surface area (Å²) in [5.41, 5.74) is 1.20. The van der Waals surface area contributed by atoms with Crippen LogP contribution in [0.1, 0.15) is 12.5 Å². The fourth-order valence-electron chi connectivity index (χ4n) is 0.964. The van der Waals surface area contributed by atoms with Gasteiger partial charge in [0.05, 0.1) is 5.97 Å². The Bertz CT molecular complexity index is 282. The molecule has 0 spiro atoms. The minimum Gasteiger partial charge on any atom is -0.546 e. The number of carboxylic acids is 1. The van der Waals surface area contributed by atoms with E-state index >= 15 is 0 Å². The van der Waals surface area contributed by atoms with Gasteiger partial charge in [0.15, 0.2) is 0 Å². The van der Waals surface area contributed by atoms with Crippen molar-refractivity contribution in [2.75, 3.05) is 6.61 Å². The van der Waals surface area contributed by atoms with E-state index in [2.05, 4.69) is 6.92 Å². The third-order valence-electron chi connectivity index (χ3n) is 1.69. The first-order valence-electron chi connectivity index (χ1n) is 4.14. The normalized spacial score (nSPS) is 8.93. The molecule has 0 aliphatic carbocycles. The zero-order valence-corrected chi connectivity index (χ0v) is 8.45. The molecular formula is C10H11LiO3. The molecule has 0 atom stereocenters. The van der Waals surface area contributed by atoms with E-state index in [1.165, 1.54) is 5.56 Å². The van der Waals surface area contributed by atoms with Crippen molar-refractivity contribution in [1.29, 1.82) is 0 Å². The number of carbonyl (C=O) groups is 1. The number of carbonyl (C=O) groups excluding carboxylic acids is 1. The molecule has 1 aromatic carbocycles. The van der Waals surface area contributed by atoms with Crippen LogP contribution in [0.15, 0.2) is 24.3 Å². The van der Waals surface area contributed by atoms with Crippen LogP contribution < -0.4 is 28.7 Å². The molecule has 0 aliphatic heterocycles. The van der Waals surface area contributed by atoms with Crippen molar-refractivity contribution in [1.82, 2.24) is 0 Å². The molecule has 70 valence electrons. The van der Waals surface area contributed by atoms with Crippen LogP contribution in [0.25, 0.3) is 0 Å². The maximum atomic E-state index is 10.1. The first kappa shape index (κ1) is 13.1. The van der Waals surface area contributed by atoms with Crippen molar-refractivity contribution in [3.8, 4) is 5.75 Å². The predicted molar refractivity (Wildman–Crippen MR) is 46.3 cm³/mol. The summed E-state index contributed by atoms with van der Waals surface area (Å²) in [5, 5.41) is 10.1. The third kappa shape index (κ3) is 4.36. The fourth-order valence-corrected chi connectivity index (χ4v) is 0.964. The molecule has 1 rings (SSSR count). The number of hydrogen-bond acceptors (Lipinski definition) is 3. The standard InChI is InChI=1S/C10H12O3.Li/c1-2-8-3-5-9(6-4-8)13-7-10(11)12;/h3-6H,2,7H2,1H3,(H,11,12);/q;+1/p-1. The number of hydrogen-bond donors (Lipinski definition) is 0. The Morgan fingerprint density at radius 3 is 2.36 bits per heavy atom. The fraction of sp³-hybridized carbons (Fsp3) is 0.300. The summed E-state index contributed by atoms with van der Waals surface area (Å²) in [5.74, 6) is -0.652. The van der Waals surface area contributed by atoms with E-state index in [-0.39, 0.29) is 18.9 Å². The van der Waals surface area contributed by atoms with E-state index < -0.39 is 12.6 Å². The summed E-state index contributed by atoms with van der Waals surface area (Å²) in [6.07, 6.45) is 0.959. The van der Waals surface area contributed by atoms with Gasteiger partial charge in [0.1, 0.15) is 12.4 Å². The molecule has 0 heterocycles. The molecule has 1 aromatic rings. The molecule has 0 unspecified atom stereocenters. The van der Waals surface area contributed by atoms with Gasteiger partial charge in [0.25, 0.3) is 0 Å². The number of aryl methyl sites for hydroxylation is 1. The minimum absolute atomic E-state index is 0. The average Bonchev–Trinajstić information content (AvgIpc) is 2.15. The molecular weight excluding hydrogens is 175 g/mol. The Balaban J connectivity index is 0.00000169. The molecule has 0 radical (unpaired) electrons. The van der Waals surface area contributed by atoms with Crippen molar-refractivity contribution in [2.24, 2.45) is 0 Å². The van der Waals surface area contributed by atoms with Gasteiger partial charge < -0.3 is 14.6 Å². The maximum absolute atomic E-state index is 10.1. The van der Waals surface area contributed by atoms with Crippen molar-refractivity contribution in [2.45, 2.75) is 13.3 Å². The van der Waals surface area contributed by atoms with Crippen LogP contribution in [0.4, 0.5) is 0 Å². The van der Waals surface area contributed by atoms with Crippen LogP contribution in [-0.2, 0) is 11.2 Å². The van der Waals surface area contributed by atoms with Gasteiger partial charge in [-0.25, -0.2) is 0 Å². The predicted octanol–water partition coefficient (Wildman–Crippen LogP) is -2.62. The van der Waals surface area contributed by atoms with Gasteiger partial charge in [-0.1, -0.05) is 19.1 Å². The Morgan fingerprint density at radius 1 is 1.36 bits per heavy atom. The summed E-state index contributed by atoms with van der Waals surface area (Å²) in [6, 6.07) is 7.32. The van der Waals surface area contributed by atoms with Crippen molar-refractivity contribution < 1.29 is 33.5 Å². The average molecular weight is 186 g/mol. The number of aliphatic carboxylic acids is 1. The Kier molecular flexibility index (Phi) is 6.10. The summed E-state index contributed by atoms with van der Waals surface area (Å²) >= 11 is 0. The van der Waals surface area contributed by atoms with Crippen molar-refractivity contribution in [3.63, 3.8) is 0 Å². The quantitative estimate of drug-likeness (QED) is 0.484. The second kappa shape index (κ2) is 6.53. The third-order valence-corrected chi connectivity index (χ3v) is 1.69. The van der Waals surface area contributed by atoms with Gasteiger partial charge in [0, 0.05) is 0 Å². The van der Waals surface area contributed by atoms with Gasteiger partial charge in [-0.15, -0.1) is 0 Å².